The number of ether oxygens (including phenoxy) is 4. The van der Waals surface area contributed by atoms with E-state index in [4.69, 9.17) is 24.5 Å². The van der Waals surface area contributed by atoms with Crippen molar-refractivity contribution in [2.24, 2.45) is 10.1 Å². The Hall–Kier alpha value is -2.33. The molecule has 1 aromatic carbocycles. The molecule has 0 N–H and O–H groups in total. The number of halogens is 3. The number of azide groups is 1. The average molecular weight is 473 g/mol. The van der Waals surface area contributed by atoms with Gasteiger partial charge < -0.3 is 18.9 Å². The molecular formula is C22H31F3N4O4. The number of hydrogen-bond donors (Lipinski definition) is 0. The van der Waals surface area contributed by atoms with Crippen LogP contribution in [0.4, 0.5) is 18.9 Å². The highest BCUT2D eigenvalue weighted by Gasteiger charge is 2.49. The number of aliphatic imine (C=N–C) groups is 1. The summed E-state index contributed by atoms with van der Waals surface area (Å²) in [6.45, 7) is 6.40. The van der Waals surface area contributed by atoms with Crippen molar-refractivity contribution in [3.05, 3.63) is 40.8 Å². The van der Waals surface area contributed by atoms with Crippen molar-refractivity contribution in [3.8, 4) is 0 Å². The zero-order valence-corrected chi connectivity index (χ0v) is 19.1. The van der Waals surface area contributed by atoms with E-state index in [1.54, 1.807) is 25.1 Å². The molecule has 11 heteroatoms. The van der Waals surface area contributed by atoms with Crippen LogP contribution in [0.15, 0.2) is 40.4 Å². The third kappa shape index (κ3) is 8.19. The number of rotatable bonds is 11. The Balaban J connectivity index is 2.35. The molecule has 1 heterocycles. The molecule has 0 saturated carbocycles. The smallest absolute Gasteiger partial charge is 0.444 e. The van der Waals surface area contributed by atoms with E-state index in [0.29, 0.717) is 13.2 Å². The minimum atomic E-state index is -4.89. The quantitative estimate of drug-likeness (QED) is 0.0972. The molecule has 2 rings (SSSR count). The zero-order chi connectivity index (χ0) is 24.3. The van der Waals surface area contributed by atoms with Crippen molar-refractivity contribution >= 4 is 11.6 Å². The fourth-order valence-electron chi connectivity index (χ4n) is 3.30. The number of alkyl halides is 3. The Labute approximate surface area is 191 Å². The molecule has 0 spiro atoms. The minimum Gasteiger partial charge on any atom is -0.444 e. The maximum Gasteiger partial charge on any atom is 0.468 e. The molecule has 1 aromatic rings. The highest BCUT2D eigenvalue weighted by molar-refractivity contribution is 5.84. The molecule has 1 aliphatic rings. The van der Waals surface area contributed by atoms with E-state index in [0.717, 1.165) is 25.7 Å². The minimum absolute atomic E-state index is 0.0607. The van der Waals surface area contributed by atoms with Gasteiger partial charge in [-0.1, -0.05) is 50.0 Å². The lowest BCUT2D eigenvalue weighted by molar-refractivity contribution is -0.256. The molecule has 33 heavy (non-hydrogen) atoms. The fraction of sp³-hybridized carbons (Fsp3) is 0.682. The first-order valence-electron chi connectivity index (χ1n) is 11.1. The summed E-state index contributed by atoms with van der Waals surface area (Å²) in [5.74, 6) is -1.50. The summed E-state index contributed by atoms with van der Waals surface area (Å²) in [4.78, 5) is 6.41. The highest BCUT2D eigenvalue weighted by atomic mass is 19.4. The number of para-hydroxylation sites is 1. The van der Waals surface area contributed by atoms with Gasteiger partial charge in [0.2, 0.25) is 6.29 Å². The maximum atomic E-state index is 13.7. The van der Waals surface area contributed by atoms with E-state index >= 15 is 0 Å². The third-order valence-corrected chi connectivity index (χ3v) is 5.01. The van der Waals surface area contributed by atoms with Gasteiger partial charge in [-0.25, -0.2) is 4.99 Å². The van der Waals surface area contributed by atoms with Crippen molar-refractivity contribution in [3.63, 3.8) is 0 Å². The van der Waals surface area contributed by atoms with Gasteiger partial charge in [-0.15, -0.1) is 0 Å². The van der Waals surface area contributed by atoms with Crippen molar-refractivity contribution in [2.45, 2.75) is 83.3 Å². The van der Waals surface area contributed by atoms with Crippen molar-refractivity contribution in [2.75, 3.05) is 13.2 Å². The van der Waals surface area contributed by atoms with E-state index in [9.17, 15) is 13.2 Å². The molecular weight excluding hydrogens is 441 g/mol. The Morgan fingerprint density at radius 1 is 1.06 bits per heavy atom. The Morgan fingerprint density at radius 3 is 2.21 bits per heavy atom. The summed E-state index contributed by atoms with van der Waals surface area (Å²) in [6, 6.07) is 6.40. The Morgan fingerprint density at radius 2 is 1.67 bits per heavy atom. The van der Waals surface area contributed by atoms with Gasteiger partial charge in [0, 0.05) is 18.1 Å². The summed E-state index contributed by atoms with van der Waals surface area (Å²) in [7, 11) is 0. The first kappa shape index (κ1) is 26.9. The van der Waals surface area contributed by atoms with Crippen LogP contribution >= 0.6 is 0 Å². The predicted molar refractivity (Wildman–Crippen MR) is 117 cm³/mol. The topological polar surface area (TPSA) is 98.0 Å². The molecule has 5 atom stereocenters. The van der Waals surface area contributed by atoms with Crippen LogP contribution in [0.3, 0.4) is 0 Å². The number of benzene rings is 1. The molecule has 0 bridgehead atoms. The van der Waals surface area contributed by atoms with Crippen LogP contribution in [0, 0.1) is 0 Å². The summed E-state index contributed by atoms with van der Waals surface area (Å²) in [6.07, 6.45) is -5.32. The van der Waals surface area contributed by atoms with E-state index < -0.39 is 42.7 Å². The van der Waals surface area contributed by atoms with Gasteiger partial charge in [-0.2, -0.15) is 13.2 Å². The van der Waals surface area contributed by atoms with E-state index in [2.05, 4.69) is 15.0 Å². The van der Waals surface area contributed by atoms with Crippen LogP contribution in [0.2, 0.25) is 0 Å². The Bertz CT molecular complexity index is 788. The van der Waals surface area contributed by atoms with Gasteiger partial charge >= 0.3 is 6.18 Å². The second kappa shape index (κ2) is 13.4. The van der Waals surface area contributed by atoms with Gasteiger partial charge in [-0.05, 0) is 37.4 Å². The third-order valence-electron chi connectivity index (χ3n) is 5.01. The van der Waals surface area contributed by atoms with Gasteiger partial charge in [-0.3, -0.25) is 0 Å². The number of hydrogen-bond acceptors (Lipinski definition) is 6. The molecule has 0 amide bonds. The molecule has 1 fully saturated rings. The molecule has 184 valence electrons. The van der Waals surface area contributed by atoms with Crippen molar-refractivity contribution in [1.29, 1.82) is 0 Å². The first-order valence-corrected chi connectivity index (χ1v) is 11.1. The number of nitrogens with zero attached hydrogens (tertiary/aromatic N) is 4. The molecule has 0 aliphatic carbocycles. The van der Waals surface area contributed by atoms with Crippen LogP contribution in [0.5, 0.6) is 0 Å². The van der Waals surface area contributed by atoms with Gasteiger partial charge in [0.15, 0.2) is 0 Å². The van der Waals surface area contributed by atoms with Crippen LogP contribution in [-0.2, 0) is 18.9 Å². The predicted octanol–water partition coefficient (Wildman–Crippen LogP) is 6.09. The largest absolute Gasteiger partial charge is 0.468 e. The van der Waals surface area contributed by atoms with Crippen LogP contribution in [0.1, 0.15) is 46.5 Å². The van der Waals surface area contributed by atoms with Gasteiger partial charge in [0.05, 0.1) is 11.8 Å². The second-order valence-electron chi connectivity index (χ2n) is 7.65. The summed E-state index contributed by atoms with van der Waals surface area (Å²) in [5, 5.41) is 3.68. The molecule has 1 unspecified atom stereocenters. The lowest BCUT2D eigenvalue weighted by Gasteiger charge is -2.43. The molecule has 1 saturated heterocycles. The van der Waals surface area contributed by atoms with E-state index in [1.807, 2.05) is 13.8 Å². The molecule has 0 radical (unpaired) electrons. The fourth-order valence-corrected chi connectivity index (χ4v) is 3.30. The molecule has 1 aliphatic heterocycles. The normalized spacial score (nSPS) is 26.0. The standard InChI is InChI=1S/C22H31F3N4O4/c1-4-6-13-30-18-15(3)32-20(17(28-29-26)19(18)31-14-7-5-2)33-21(22(23,24)25)27-16-11-9-8-10-12-16/h8-12,15,17-20H,4-7,13-14H2,1-3H3/t15-,17-,18+,19?,20-/m0/s1. The second-order valence-corrected chi connectivity index (χ2v) is 7.65. The summed E-state index contributed by atoms with van der Waals surface area (Å²) < 4.78 is 64.0. The zero-order valence-electron chi connectivity index (χ0n) is 19.1. The van der Waals surface area contributed by atoms with Crippen LogP contribution < -0.4 is 0 Å². The summed E-state index contributed by atoms with van der Waals surface area (Å²) in [5.41, 5.74) is 9.18. The average Bonchev–Trinajstić information content (AvgIpc) is 2.77. The van der Waals surface area contributed by atoms with Crippen molar-refractivity contribution in [1.82, 2.24) is 0 Å². The lowest BCUT2D eigenvalue weighted by atomic mass is 9.97. The summed E-state index contributed by atoms with van der Waals surface area (Å²) >= 11 is 0. The SMILES string of the molecule is CCCCOC1[C@H](N=[N+]=[N-])[C@H](OC(=Nc2ccccc2)C(F)(F)F)O[C@@H](C)[C@H]1OCCCC. The Kier molecular flexibility index (Phi) is 10.9. The maximum absolute atomic E-state index is 13.7. The number of unbranched alkanes of at least 4 members (excludes halogenated alkanes) is 2. The highest BCUT2D eigenvalue weighted by Crippen LogP contribution is 2.32. The van der Waals surface area contributed by atoms with Gasteiger partial charge in [0.1, 0.15) is 18.2 Å². The first-order chi connectivity index (χ1) is 15.8. The van der Waals surface area contributed by atoms with Crippen LogP contribution in [0.25, 0.3) is 10.4 Å². The monoisotopic (exact) mass is 472 g/mol. The van der Waals surface area contributed by atoms with E-state index in [1.165, 1.54) is 12.1 Å². The van der Waals surface area contributed by atoms with E-state index in [-0.39, 0.29) is 5.69 Å². The molecule has 0 aromatic heterocycles. The van der Waals surface area contributed by atoms with Crippen molar-refractivity contribution < 1.29 is 32.1 Å². The van der Waals surface area contributed by atoms with Crippen LogP contribution in [-0.4, -0.2) is 55.9 Å². The van der Waals surface area contributed by atoms with Gasteiger partial charge in [0.25, 0.3) is 5.90 Å². The lowest BCUT2D eigenvalue weighted by Crippen LogP contribution is -2.59. The molecule has 8 nitrogen and oxygen atoms in total.